The Morgan fingerprint density at radius 2 is 2.25 bits per heavy atom. The molecule has 2 heterocycles. The summed E-state index contributed by atoms with van der Waals surface area (Å²) in [5, 5.41) is 7.46. The van der Waals surface area contributed by atoms with Crippen LogP contribution in [0.4, 0.5) is 0 Å². The Balaban J connectivity index is 1.90. The van der Waals surface area contributed by atoms with E-state index < -0.39 is 0 Å². The van der Waals surface area contributed by atoms with Crippen molar-refractivity contribution in [2.24, 2.45) is 0 Å². The van der Waals surface area contributed by atoms with E-state index in [-0.39, 0.29) is 11.7 Å². The molecule has 1 aromatic heterocycles. The maximum absolute atomic E-state index is 5.91. The molecule has 1 unspecified atom stereocenters. The Morgan fingerprint density at radius 1 is 1.50 bits per heavy atom. The largest absolute Gasteiger partial charge is 0.370 e. The van der Waals surface area contributed by atoms with Gasteiger partial charge in [0, 0.05) is 31.7 Å². The minimum Gasteiger partial charge on any atom is -0.370 e. The molecule has 0 amide bonds. The van der Waals surface area contributed by atoms with Crippen molar-refractivity contribution in [2.45, 2.75) is 65.5 Å². The Labute approximate surface area is 121 Å². The topological polar surface area (TPSA) is 50.5 Å². The number of rotatable bonds is 5. The second-order valence-electron chi connectivity index (χ2n) is 6.68. The van der Waals surface area contributed by atoms with Crippen molar-refractivity contribution in [1.29, 1.82) is 0 Å². The maximum atomic E-state index is 5.91. The molecule has 0 spiro atoms. The van der Waals surface area contributed by atoms with Crippen LogP contribution in [0.15, 0.2) is 10.6 Å². The van der Waals surface area contributed by atoms with E-state index in [1.165, 1.54) is 0 Å². The molecule has 1 N–H and O–H groups in total. The van der Waals surface area contributed by atoms with Gasteiger partial charge in [-0.3, -0.25) is 4.90 Å². The van der Waals surface area contributed by atoms with E-state index in [1.54, 1.807) is 0 Å². The van der Waals surface area contributed by atoms with Crippen LogP contribution < -0.4 is 5.32 Å². The van der Waals surface area contributed by atoms with Gasteiger partial charge in [0.1, 0.15) is 0 Å². The monoisotopic (exact) mass is 281 g/mol. The third-order valence-electron chi connectivity index (χ3n) is 3.32. The number of ether oxygens (including phenoxy) is 1. The average Bonchev–Trinajstić information content (AvgIpc) is 2.71. The van der Waals surface area contributed by atoms with E-state index in [0.717, 1.165) is 37.6 Å². The summed E-state index contributed by atoms with van der Waals surface area (Å²) in [6, 6.07) is 2.50. The van der Waals surface area contributed by atoms with E-state index in [4.69, 9.17) is 9.26 Å². The quantitative estimate of drug-likeness (QED) is 0.896. The van der Waals surface area contributed by atoms with Crippen molar-refractivity contribution in [2.75, 3.05) is 13.1 Å². The molecular formula is C15H27N3O2. The van der Waals surface area contributed by atoms with Crippen LogP contribution in [0.1, 0.15) is 46.1 Å². The summed E-state index contributed by atoms with van der Waals surface area (Å²) >= 11 is 0. The Kier molecular flexibility index (Phi) is 4.83. The van der Waals surface area contributed by atoms with Crippen molar-refractivity contribution in [3.05, 3.63) is 17.5 Å². The number of aromatic nitrogens is 1. The predicted octanol–water partition coefficient (Wildman–Crippen LogP) is 2.17. The lowest BCUT2D eigenvalue weighted by Gasteiger charge is -2.41. The summed E-state index contributed by atoms with van der Waals surface area (Å²) < 4.78 is 11.3. The van der Waals surface area contributed by atoms with Crippen LogP contribution in [0.25, 0.3) is 0 Å². The van der Waals surface area contributed by atoms with E-state index in [0.29, 0.717) is 6.04 Å². The first-order chi connectivity index (χ1) is 9.34. The smallest absolute Gasteiger partial charge is 0.151 e. The molecule has 1 saturated heterocycles. The highest BCUT2D eigenvalue weighted by atomic mass is 16.5. The summed E-state index contributed by atoms with van der Waals surface area (Å²) in [4.78, 5) is 2.37. The SMILES string of the molecule is CC(C)NCc1cc(CN2CC(C)OC(C)(C)C2)on1. The lowest BCUT2D eigenvalue weighted by atomic mass is 10.1. The number of hydrogen-bond donors (Lipinski definition) is 1. The third-order valence-corrected chi connectivity index (χ3v) is 3.32. The van der Waals surface area contributed by atoms with E-state index in [2.05, 4.69) is 50.0 Å². The molecule has 1 fully saturated rings. The van der Waals surface area contributed by atoms with Gasteiger partial charge in [-0.2, -0.15) is 0 Å². The molecule has 114 valence electrons. The van der Waals surface area contributed by atoms with Gasteiger partial charge in [-0.1, -0.05) is 19.0 Å². The first kappa shape index (κ1) is 15.5. The van der Waals surface area contributed by atoms with Gasteiger partial charge in [-0.05, 0) is 20.8 Å². The summed E-state index contributed by atoms with van der Waals surface area (Å²) in [5.74, 6) is 0.926. The van der Waals surface area contributed by atoms with Crippen molar-refractivity contribution in [3.63, 3.8) is 0 Å². The van der Waals surface area contributed by atoms with Crippen molar-refractivity contribution in [3.8, 4) is 0 Å². The Hall–Kier alpha value is -0.910. The normalized spacial score (nSPS) is 23.4. The first-order valence-electron chi connectivity index (χ1n) is 7.42. The highest BCUT2D eigenvalue weighted by Gasteiger charge is 2.31. The van der Waals surface area contributed by atoms with E-state index in [1.807, 2.05) is 6.07 Å². The zero-order chi connectivity index (χ0) is 14.8. The van der Waals surface area contributed by atoms with Crippen molar-refractivity contribution in [1.82, 2.24) is 15.4 Å². The molecule has 1 aromatic rings. The number of morpholine rings is 1. The fourth-order valence-electron chi connectivity index (χ4n) is 2.75. The molecule has 0 radical (unpaired) electrons. The van der Waals surface area contributed by atoms with Crippen LogP contribution in [-0.2, 0) is 17.8 Å². The molecule has 0 aromatic carbocycles. The Morgan fingerprint density at radius 3 is 2.90 bits per heavy atom. The predicted molar refractivity (Wildman–Crippen MR) is 78.4 cm³/mol. The molecule has 0 aliphatic carbocycles. The van der Waals surface area contributed by atoms with Crippen LogP contribution in [0, 0.1) is 0 Å². The number of hydrogen-bond acceptors (Lipinski definition) is 5. The molecule has 5 nitrogen and oxygen atoms in total. The van der Waals surface area contributed by atoms with Crippen LogP contribution in [0.5, 0.6) is 0 Å². The molecule has 20 heavy (non-hydrogen) atoms. The van der Waals surface area contributed by atoms with Gasteiger partial charge in [-0.15, -0.1) is 0 Å². The molecule has 5 heteroatoms. The summed E-state index contributed by atoms with van der Waals surface area (Å²) in [6.07, 6.45) is 0.253. The highest BCUT2D eigenvalue weighted by molar-refractivity contribution is 5.05. The number of nitrogens with one attached hydrogen (secondary N) is 1. The van der Waals surface area contributed by atoms with Crippen LogP contribution in [0.2, 0.25) is 0 Å². The Bertz CT molecular complexity index is 429. The molecular weight excluding hydrogens is 254 g/mol. The molecule has 1 aliphatic heterocycles. The third kappa shape index (κ3) is 4.58. The minimum absolute atomic E-state index is 0.0975. The van der Waals surface area contributed by atoms with Crippen molar-refractivity contribution < 1.29 is 9.26 Å². The van der Waals surface area contributed by atoms with Gasteiger partial charge in [-0.25, -0.2) is 0 Å². The zero-order valence-corrected chi connectivity index (χ0v) is 13.3. The van der Waals surface area contributed by atoms with Gasteiger partial charge in [0.25, 0.3) is 0 Å². The summed E-state index contributed by atoms with van der Waals surface area (Å²) in [7, 11) is 0. The van der Waals surface area contributed by atoms with E-state index >= 15 is 0 Å². The standard InChI is InChI=1S/C15H27N3O2/c1-11(2)16-7-13-6-14(20-17-13)9-18-8-12(3)19-15(4,5)10-18/h6,11-12,16H,7-10H2,1-5H3. The van der Waals surface area contributed by atoms with Gasteiger partial charge >= 0.3 is 0 Å². The lowest BCUT2D eigenvalue weighted by molar-refractivity contribution is -0.131. The minimum atomic E-state index is -0.0975. The molecule has 1 aliphatic rings. The molecule has 0 bridgehead atoms. The van der Waals surface area contributed by atoms with Gasteiger partial charge in [0.15, 0.2) is 5.76 Å². The fourth-order valence-corrected chi connectivity index (χ4v) is 2.75. The molecule has 1 atom stereocenters. The first-order valence-corrected chi connectivity index (χ1v) is 7.42. The average molecular weight is 281 g/mol. The summed E-state index contributed by atoms with van der Waals surface area (Å²) in [5.41, 5.74) is 0.869. The van der Waals surface area contributed by atoms with Crippen molar-refractivity contribution >= 4 is 0 Å². The van der Waals surface area contributed by atoms with Gasteiger partial charge in [0.2, 0.25) is 0 Å². The van der Waals surface area contributed by atoms with Crippen LogP contribution in [0.3, 0.4) is 0 Å². The second-order valence-corrected chi connectivity index (χ2v) is 6.68. The summed E-state index contributed by atoms with van der Waals surface area (Å²) in [6.45, 7) is 14.0. The van der Waals surface area contributed by atoms with Gasteiger partial charge in [0.05, 0.1) is 23.9 Å². The highest BCUT2D eigenvalue weighted by Crippen LogP contribution is 2.22. The zero-order valence-electron chi connectivity index (χ0n) is 13.3. The van der Waals surface area contributed by atoms with Crippen LogP contribution in [-0.4, -0.2) is 40.9 Å². The maximum Gasteiger partial charge on any atom is 0.151 e. The fraction of sp³-hybridized carbons (Fsp3) is 0.800. The van der Waals surface area contributed by atoms with E-state index in [9.17, 15) is 0 Å². The van der Waals surface area contributed by atoms with Gasteiger partial charge < -0.3 is 14.6 Å². The van der Waals surface area contributed by atoms with Crippen LogP contribution >= 0.6 is 0 Å². The molecule has 2 rings (SSSR count). The molecule has 0 saturated carbocycles. The second kappa shape index (κ2) is 6.24. The number of nitrogens with zero attached hydrogens (tertiary/aromatic N) is 2. The lowest BCUT2D eigenvalue weighted by Crippen LogP contribution is -2.51.